The Bertz CT molecular complexity index is 563. The highest BCUT2D eigenvalue weighted by Crippen LogP contribution is 2.26. The van der Waals surface area contributed by atoms with Crippen molar-refractivity contribution in [2.45, 2.75) is 18.7 Å². The Kier molecular flexibility index (Phi) is 7.66. The smallest absolute Gasteiger partial charge is 0.289 e. The molecule has 0 radical (unpaired) electrons. The summed E-state index contributed by atoms with van der Waals surface area (Å²) < 4.78 is 26.5. The number of likely N-dealkylation sites (N-methyl/N-ethyl adjacent to an activating group) is 1. The molecule has 0 aromatic heterocycles. The van der Waals surface area contributed by atoms with Crippen LogP contribution in [0.2, 0.25) is 0 Å². The summed E-state index contributed by atoms with van der Waals surface area (Å²) in [7, 11) is -3.88. The summed E-state index contributed by atoms with van der Waals surface area (Å²) in [5.41, 5.74) is -0.0545. The van der Waals surface area contributed by atoms with Gasteiger partial charge >= 0.3 is 0 Å². The van der Waals surface area contributed by atoms with Crippen LogP contribution in [-0.2, 0) is 10.0 Å². The molecule has 0 unspecified atom stereocenters. The summed E-state index contributed by atoms with van der Waals surface area (Å²) in [6.07, 6.45) is 0. The van der Waals surface area contributed by atoms with Gasteiger partial charge in [0.15, 0.2) is 4.90 Å². The van der Waals surface area contributed by atoms with Gasteiger partial charge in [-0.25, -0.2) is 13.1 Å². The Morgan fingerprint density at radius 2 is 1.95 bits per heavy atom. The zero-order chi connectivity index (χ0) is 14.5. The Morgan fingerprint density at radius 1 is 1.30 bits per heavy atom. The fourth-order valence-corrected chi connectivity index (χ4v) is 3.08. The van der Waals surface area contributed by atoms with Crippen LogP contribution in [0.3, 0.4) is 0 Å². The predicted octanol–water partition coefficient (Wildman–Crippen LogP) is 1.21. The van der Waals surface area contributed by atoms with E-state index in [1.807, 2.05) is 6.92 Å². The van der Waals surface area contributed by atoms with E-state index in [1.165, 1.54) is 25.1 Å². The number of nitrogens with one attached hydrogen (secondary N) is 2. The third kappa shape index (κ3) is 4.71. The van der Waals surface area contributed by atoms with Gasteiger partial charge in [-0.2, -0.15) is 0 Å². The fourth-order valence-electron chi connectivity index (χ4n) is 1.65. The second-order valence-electron chi connectivity index (χ2n) is 3.93. The lowest BCUT2D eigenvalue weighted by molar-refractivity contribution is -0.387. The molecule has 9 heteroatoms. The highest BCUT2D eigenvalue weighted by Gasteiger charge is 2.27. The summed E-state index contributed by atoms with van der Waals surface area (Å²) in [6.45, 7) is 4.82. The number of nitrogens with zero attached hydrogens (tertiary/aromatic N) is 1. The third-order valence-corrected chi connectivity index (χ3v) is 4.15. The molecule has 20 heavy (non-hydrogen) atoms. The number of sulfonamides is 1. The molecule has 0 bridgehead atoms. The lowest BCUT2D eigenvalue weighted by Crippen LogP contribution is -2.32. The number of halogens is 1. The van der Waals surface area contributed by atoms with Crippen molar-refractivity contribution in [1.82, 2.24) is 10.0 Å². The van der Waals surface area contributed by atoms with Crippen molar-refractivity contribution in [2.24, 2.45) is 0 Å². The summed E-state index contributed by atoms with van der Waals surface area (Å²) in [5, 5.41) is 13.9. The summed E-state index contributed by atoms with van der Waals surface area (Å²) in [4.78, 5) is 9.94. The van der Waals surface area contributed by atoms with Gasteiger partial charge in [0.25, 0.3) is 5.69 Å². The first kappa shape index (κ1) is 18.8. The number of hydrogen-bond donors (Lipinski definition) is 2. The first-order valence-electron chi connectivity index (χ1n) is 5.84. The monoisotopic (exact) mass is 323 g/mol. The Balaban J connectivity index is 0.00000361. The van der Waals surface area contributed by atoms with Gasteiger partial charge in [0.05, 0.1) is 4.92 Å². The van der Waals surface area contributed by atoms with Crippen LogP contribution in [0.25, 0.3) is 0 Å². The van der Waals surface area contributed by atoms with E-state index in [1.54, 1.807) is 0 Å². The number of nitro benzene ring substituents is 1. The molecule has 0 saturated carbocycles. The highest BCUT2D eigenvalue weighted by molar-refractivity contribution is 7.89. The second-order valence-corrected chi connectivity index (χ2v) is 5.64. The molecule has 0 spiro atoms. The minimum absolute atomic E-state index is 0. The number of aryl methyl sites for hydroxylation is 1. The van der Waals surface area contributed by atoms with Crippen LogP contribution in [0, 0.1) is 17.0 Å². The zero-order valence-electron chi connectivity index (χ0n) is 11.3. The van der Waals surface area contributed by atoms with Gasteiger partial charge in [-0.05, 0) is 19.0 Å². The van der Waals surface area contributed by atoms with Crippen LogP contribution in [0.4, 0.5) is 5.69 Å². The van der Waals surface area contributed by atoms with Crippen molar-refractivity contribution < 1.29 is 13.3 Å². The van der Waals surface area contributed by atoms with Crippen LogP contribution < -0.4 is 10.0 Å². The van der Waals surface area contributed by atoms with Crippen molar-refractivity contribution >= 4 is 28.1 Å². The first-order chi connectivity index (χ1) is 8.90. The number of hydrogen-bond acceptors (Lipinski definition) is 5. The van der Waals surface area contributed by atoms with E-state index in [-0.39, 0.29) is 23.8 Å². The van der Waals surface area contributed by atoms with Gasteiger partial charge in [0.2, 0.25) is 10.0 Å². The first-order valence-corrected chi connectivity index (χ1v) is 7.33. The molecule has 0 amide bonds. The zero-order valence-corrected chi connectivity index (χ0v) is 12.9. The Morgan fingerprint density at radius 3 is 2.50 bits per heavy atom. The van der Waals surface area contributed by atoms with Crippen LogP contribution in [-0.4, -0.2) is 33.0 Å². The lowest BCUT2D eigenvalue weighted by Gasteiger charge is -2.09. The standard InChI is InChI=1S/C11H17N3O4S.ClH/c1-3-12-7-8-13-19(17,18)11-9(2)5-4-6-10(11)14(15)16;/h4-6,12-13H,3,7-8H2,1-2H3;1H. The molecule has 0 fully saturated rings. The molecule has 1 rings (SSSR count). The SMILES string of the molecule is CCNCCNS(=O)(=O)c1c(C)cccc1[N+](=O)[O-].Cl. The molecule has 0 aliphatic rings. The molecule has 114 valence electrons. The van der Waals surface area contributed by atoms with E-state index in [4.69, 9.17) is 0 Å². The van der Waals surface area contributed by atoms with Crippen LogP contribution >= 0.6 is 12.4 Å². The highest BCUT2D eigenvalue weighted by atomic mass is 35.5. The van der Waals surface area contributed by atoms with Crippen molar-refractivity contribution in [3.63, 3.8) is 0 Å². The van der Waals surface area contributed by atoms with E-state index in [0.29, 0.717) is 12.1 Å². The Labute approximate surface area is 124 Å². The molecule has 0 atom stereocenters. The third-order valence-electron chi connectivity index (χ3n) is 2.50. The minimum atomic E-state index is -3.88. The quantitative estimate of drug-likeness (QED) is 0.446. The molecule has 0 aliphatic carbocycles. The number of benzene rings is 1. The maximum atomic E-state index is 12.1. The average Bonchev–Trinajstić information content (AvgIpc) is 2.34. The predicted molar refractivity (Wildman–Crippen MR) is 78.8 cm³/mol. The van der Waals surface area contributed by atoms with E-state index in [0.717, 1.165) is 6.54 Å². The van der Waals surface area contributed by atoms with Crippen LogP contribution in [0.5, 0.6) is 0 Å². The van der Waals surface area contributed by atoms with Gasteiger partial charge in [-0.15, -0.1) is 12.4 Å². The minimum Gasteiger partial charge on any atom is -0.316 e. The largest absolute Gasteiger partial charge is 0.316 e. The summed E-state index contributed by atoms with van der Waals surface area (Å²) in [6, 6.07) is 4.18. The van der Waals surface area contributed by atoms with Crippen molar-refractivity contribution in [1.29, 1.82) is 0 Å². The van der Waals surface area contributed by atoms with Gasteiger partial charge < -0.3 is 5.32 Å². The molecule has 1 aromatic carbocycles. The maximum Gasteiger partial charge on any atom is 0.289 e. The number of nitro groups is 1. The van der Waals surface area contributed by atoms with Crippen LogP contribution in [0.1, 0.15) is 12.5 Å². The molecule has 0 aliphatic heterocycles. The van der Waals surface area contributed by atoms with Gasteiger partial charge in [0, 0.05) is 19.2 Å². The molecular weight excluding hydrogens is 306 g/mol. The molecular formula is C11H18ClN3O4S. The maximum absolute atomic E-state index is 12.1. The normalized spacial score (nSPS) is 10.9. The second kappa shape index (κ2) is 8.15. The molecule has 2 N–H and O–H groups in total. The van der Waals surface area contributed by atoms with Gasteiger partial charge in [-0.3, -0.25) is 10.1 Å². The topological polar surface area (TPSA) is 101 Å². The van der Waals surface area contributed by atoms with E-state index < -0.39 is 20.6 Å². The van der Waals surface area contributed by atoms with Crippen molar-refractivity contribution in [3.8, 4) is 0 Å². The number of rotatable bonds is 7. The Hall–Kier alpha value is -1.22. The average molecular weight is 324 g/mol. The molecule has 0 heterocycles. The summed E-state index contributed by atoms with van der Waals surface area (Å²) in [5.74, 6) is 0. The van der Waals surface area contributed by atoms with Gasteiger partial charge in [-0.1, -0.05) is 19.1 Å². The van der Waals surface area contributed by atoms with E-state index in [2.05, 4.69) is 10.0 Å². The lowest BCUT2D eigenvalue weighted by atomic mass is 10.2. The van der Waals surface area contributed by atoms with Gasteiger partial charge in [0.1, 0.15) is 0 Å². The summed E-state index contributed by atoms with van der Waals surface area (Å²) >= 11 is 0. The van der Waals surface area contributed by atoms with E-state index >= 15 is 0 Å². The van der Waals surface area contributed by atoms with E-state index in [9.17, 15) is 18.5 Å². The molecule has 7 nitrogen and oxygen atoms in total. The molecule has 1 aromatic rings. The molecule has 0 saturated heterocycles. The fraction of sp³-hybridized carbons (Fsp3) is 0.455. The van der Waals surface area contributed by atoms with Crippen LogP contribution in [0.15, 0.2) is 23.1 Å². The van der Waals surface area contributed by atoms with Crippen molar-refractivity contribution in [2.75, 3.05) is 19.6 Å². The van der Waals surface area contributed by atoms with Crippen molar-refractivity contribution in [3.05, 3.63) is 33.9 Å².